The molecule has 0 bridgehead atoms. The van der Waals surface area contributed by atoms with Crippen molar-refractivity contribution in [2.24, 2.45) is 0 Å². The summed E-state index contributed by atoms with van der Waals surface area (Å²) in [6.07, 6.45) is 10.9. The van der Waals surface area contributed by atoms with Gasteiger partial charge in [-0.05, 0) is 127 Å². The molecule has 0 saturated carbocycles. The molecule has 300 valence electrons. The Kier molecular flexibility index (Phi) is 32.4. The predicted molar refractivity (Wildman–Crippen MR) is 225 cm³/mol. The van der Waals surface area contributed by atoms with Crippen LogP contribution in [0.2, 0.25) is 0 Å². The molecule has 1 N–H and O–H groups in total. The molecule has 6 rings (SSSR count). The Hall–Kier alpha value is -1.63. The quantitative estimate of drug-likeness (QED) is 0.0633. The van der Waals surface area contributed by atoms with Crippen LogP contribution in [0.5, 0.6) is 0 Å². The Bertz CT molecular complexity index is 2170. The second-order valence-electron chi connectivity index (χ2n) is 11.9. The predicted octanol–water partition coefficient (Wildman–Crippen LogP) is 3.06. The van der Waals surface area contributed by atoms with Crippen molar-refractivity contribution >= 4 is 68.0 Å². The fraction of sp³-hybridized carbons (Fsp3) is 0.225. The normalized spacial score (nSPS) is 9.19. The number of aromatic nitrogens is 6. The van der Waals surface area contributed by atoms with Gasteiger partial charge in [0, 0.05) is 80.6 Å². The van der Waals surface area contributed by atoms with E-state index in [0.29, 0.717) is 16.5 Å². The van der Waals surface area contributed by atoms with E-state index in [1.54, 1.807) is 45.1 Å². The van der Waals surface area contributed by atoms with Crippen LogP contribution in [0.1, 0.15) is 80.1 Å². The van der Waals surface area contributed by atoms with E-state index in [1.807, 2.05) is 92.5 Å². The molecule has 0 radical (unpaired) electrons. The monoisotopic (exact) mass is 1040 g/mol. The van der Waals surface area contributed by atoms with Gasteiger partial charge < -0.3 is 25.7 Å². The summed E-state index contributed by atoms with van der Waals surface area (Å²) in [7, 11) is 0. The Morgan fingerprint density at radius 1 is 0.776 bits per heavy atom. The minimum atomic E-state index is -0.269. The number of nitrogens with zero attached hydrogens (tertiary/aromatic N) is 5. The van der Waals surface area contributed by atoms with Crippen molar-refractivity contribution in [1.82, 2.24) is 29.1 Å². The first-order valence-corrected chi connectivity index (χ1v) is 21.4. The molecule has 0 aliphatic rings. The number of hydrogen-bond acceptors (Lipinski definition) is 9. The number of hydrogen-bond donors (Lipinski definition) is 1. The molecule has 12 nitrogen and oxygen atoms in total. The van der Waals surface area contributed by atoms with E-state index in [0.717, 1.165) is 50.7 Å². The number of ketones is 3. The molecule has 3 aromatic heterocycles. The number of carbonyl (C=O) groups is 4. The van der Waals surface area contributed by atoms with Crippen LogP contribution >= 0.6 is 44.2 Å². The second kappa shape index (κ2) is 32.1. The fourth-order valence-electron chi connectivity index (χ4n) is 4.65. The topological polar surface area (TPSA) is 165 Å². The maximum Gasteiger partial charge on any atom is 1.00 e. The zero-order valence-corrected chi connectivity index (χ0v) is 45.1. The molecule has 0 aliphatic heterocycles. The van der Waals surface area contributed by atoms with Gasteiger partial charge in [-0.25, -0.2) is 19.3 Å². The molecule has 58 heavy (non-hydrogen) atoms. The molecule has 3 heterocycles. The van der Waals surface area contributed by atoms with Crippen molar-refractivity contribution in [3.63, 3.8) is 0 Å². The van der Waals surface area contributed by atoms with Crippen LogP contribution in [0.15, 0.2) is 92.2 Å². The molecule has 18 heteroatoms. The first-order chi connectivity index (χ1) is 26.6. The summed E-state index contributed by atoms with van der Waals surface area (Å²) in [5, 5.41) is 8.79. The van der Waals surface area contributed by atoms with E-state index >= 15 is 0 Å². The van der Waals surface area contributed by atoms with Gasteiger partial charge in [-0.1, -0.05) is 15.9 Å². The first kappa shape index (κ1) is 58.5. The van der Waals surface area contributed by atoms with Crippen LogP contribution in [0.3, 0.4) is 0 Å². The summed E-state index contributed by atoms with van der Waals surface area (Å²) >= 11 is 8.68. The van der Waals surface area contributed by atoms with Crippen molar-refractivity contribution in [3.05, 3.63) is 148 Å². The van der Waals surface area contributed by atoms with Gasteiger partial charge in [-0.3, -0.25) is 19.2 Å². The third-order valence-corrected chi connectivity index (χ3v) is 7.97. The van der Waals surface area contributed by atoms with Gasteiger partial charge in [0.1, 0.15) is 5.82 Å². The molecule has 0 amide bonds. The summed E-state index contributed by atoms with van der Waals surface area (Å²) in [5.41, 5.74) is 9.87. The maximum atomic E-state index is 12.7. The van der Waals surface area contributed by atoms with Crippen molar-refractivity contribution in [3.8, 4) is 11.4 Å². The van der Waals surface area contributed by atoms with Crippen molar-refractivity contribution in [2.75, 3.05) is 5.33 Å². The van der Waals surface area contributed by atoms with Crippen LogP contribution in [0.4, 0.5) is 4.39 Å². The SMILES string of the molecule is BrBr.CC(=O)c1ccc(-n2cnc(C)c2)c(C)c1.CC(=O)c1ccc(F)c(C)c1.Cc1cn(-c2ccc(C(=O)CBr)cc2C)cn1.Cc1cnc[nH]1.O=CO[O-].[H-].[K+].[K+]. The molecule has 3 aromatic carbocycles. The summed E-state index contributed by atoms with van der Waals surface area (Å²) < 4.78 is 16.6. The number of aryl methyl sites for hydroxylation is 6. The van der Waals surface area contributed by atoms with Gasteiger partial charge in [0.15, 0.2) is 17.3 Å². The molecule has 0 fully saturated rings. The Morgan fingerprint density at radius 3 is 1.48 bits per heavy atom. The number of imidazole rings is 3. The van der Waals surface area contributed by atoms with E-state index < -0.39 is 0 Å². The molecular formula is C40H44Br3FK2N6O6. The molecule has 6 aromatic rings. The Labute approximate surface area is 448 Å². The number of nitrogens with one attached hydrogen (secondary N) is 1. The molecule has 0 spiro atoms. The Balaban J connectivity index is -0.000000693. The van der Waals surface area contributed by atoms with Gasteiger partial charge in [0.05, 0.1) is 35.7 Å². The van der Waals surface area contributed by atoms with Crippen LogP contribution in [0, 0.1) is 47.4 Å². The molecule has 0 unspecified atom stereocenters. The number of alkyl halides is 1. The zero-order chi connectivity index (χ0) is 42.4. The fourth-order valence-corrected chi connectivity index (χ4v) is 4.98. The van der Waals surface area contributed by atoms with Gasteiger partial charge >= 0.3 is 103 Å². The van der Waals surface area contributed by atoms with E-state index in [9.17, 15) is 18.8 Å². The van der Waals surface area contributed by atoms with Gasteiger partial charge in [0.2, 0.25) is 0 Å². The number of H-pyrrole nitrogens is 1. The van der Waals surface area contributed by atoms with Gasteiger partial charge in [-0.15, -0.1) is 0 Å². The Morgan fingerprint density at radius 2 is 1.19 bits per heavy atom. The van der Waals surface area contributed by atoms with Crippen LogP contribution in [-0.2, 0) is 9.68 Å². The van der Waals surface area contributed by atoms with E-state index in [2.05, 4.69) is 69.0 Å². The van der Waals surface area contributed by atoms with Crippen LogP contribution < -0.4 is 108 Å². The number of benzene rings is 3. The average molecular weight is 1040 g/mol. The van der Waals surface area contributed by atoms with E-state index in [1.165, 1.54) is 19.1 Å². The number of rotatable bonds is 7. The largest absolute Gasteiger partial charge is 1.00 e. The molecule has 0 saturated heterocycles. The molecule has 0 atom stereocenters. The van der Waals surface area contributed by atoms with Crippen LogP contribution in [0.25, 0.3) is 11.4 Å². The standard InChI is InChI=1S/C13H13BrN2O.C13H14N2O.C9H9FO.C4H6N2.CH2O3.Br2.2K.H/c1-9-5-11(13(17)6-14)3-4-12(9)16-7-10(2)15-8-16;1-9-6-12(11(3)16)4-5-13(9)15-7-10(2)14-8-15;1-6-5-8(7(2)11)3-4-9(6)10;1-4-2-5-3-6-4;2-1-4-3;1-2;;;/h3-5,7-8H,6H2,1-2H3;4-8H,1-3H3;3-5H,1-2H3;2-3H,1H3,(H,5,6);1,3H;;;;/q;;;;;;2*+1;-1/p-1. The minimum absolute atomic E-state index is 0. The smallest absolute Gasteiger partial charge is 1.00 e. The third kappa shape index (κ3) is 21.3. The summed E-state index contributed by atoms with van der Waals surface area (Å²) in [4.78, 5) is 59.9. The zero-order valence-electron chi connectivity index (χ0n) is 35.1. The van der Waals surface area contributed by atoms with E-state index in [4.69, 9.17) is 10.1 Å². The van der Waals surface area contributed by atoms with Crippen molar-refractivity contribution in [1.29, 1.82) is 0 Å². The second-order valence-corrected chi connectivity index (χ2v) is 12.5. The minimum Gasteiger partial charge on any atom is -1.00 e. The summed E-state index contributed by atoms with van der Waals surface area (Å²) in [5.74, 6) is -0.110. The number of Topliss-reactive ketones (excluding diaryl/α,β-unsaturated/α-hetero) is 3. The van der Waals surface area contributed by atoms with Crippen molar-refractivity contribution in [2.45, 2.75) is 55.4 Å². The molecule has 0 aliphatic carbocycles. The van der Waals surface area contributed by atoms with Crippen molar-refractivity contribution < 1.29 is 138 Å². The van der Waals surface area contributed by atoms with E-state index in [-0.39, 0.29) is 134 Å². The number of aromatic amines is 1. The summed E-state index contributed by atoms with van der Waals surface area (Å²) in [6, 6.07) is 15.8. The van der Waals surface area contributed by atoms with Gasteiger partial charge in [-0.2, -0.15) is 0 Å². The molecular weight excluding hydrogens is 997 g/mol. The first-order valence-electron chi connectivity index (χ1n) is 16.5. The average Bonchev–Trinajstić information content (AvgIpc) is 3.96. The summed E-state index contributed by atoms with van der Waals surface area (Å²) in [6.45, 7) is 14.4. The van der Waals surface area contributed by atoms with Crippen LogP contribution in [-0.4, -0.2) is 58.2 Å². The number of carbonyl (C=O) groups excluding carboxylic acids is 4. The third-order valence-electron chi connectivity index (χ3n) is 7.46. The van der Waals surface area contributed by atoms with Gasteiger partial charge in [0.25, 0.3) is 6.47 Å². The maximum absolute atomic E-state index is 12.7. The number of halogens is 4.